The van der Waals surface area contributed by atoms with E-state index >= 15 is 0 Å². The van der Waals surface area contributed by atoms with Gasteiger partial charge >= 0.3 is 8.56 Å². The lowest BCUT2D eigenvalue weighted by Gasteiger charge is -2.30. The van der Waals surface area contributed by atoms with Gasteiger partial charge in [-0.05, 0) is 38.4 Å². The van der Waals surface area contributed by atoms with E-state index in [1.54, 1.807) is 0 Å². The summed E-state index contributed by atoms with van der Waals surface area (Å²) in [6.45, 7) is 12.8. The molecule has 23 heavy (non-hydrogen) atoms. The molecule has 1 aromatic rings. The molecule has 0 radical (unpaired) electrons. The standard InChI is InChI=1S/C19H32O3Si/c1-5-21-23(22-6-2,19-13-9-7-10-14-19)16-12-8-11-15-20-17-18(3)4/h7,9-10,13-14H,3,5-6,8,11-12,15-17H2,1-2,4H3. The molecule has 0 amide bonds. The molecule has 3 nitrogen and oxygen atoms in total. The van der Waals surface area contributed by atoms with Gasteiger partial charge in [-0.15, -0.1) is 0 Å². The number of hydrogen-bond donors (Lipinski definition) is 0. The summed E-state index contributed by atoms with van der Waals surface area (Å²) in [6, 6.07) is 11.5. The Bertz CT molecular complexity index is 428. The van der Waals surface area contributed by atoms with Gasteiger partial charge < -0.3 is 13.6 Å². The van der Waals surface area contributed by atoms with Crippen LogP contribution in [0.1, 0.15) is 40.0 Å². The third kappa shape index (κ3) is 7.44. The summed E-state index contributed by atoms with van der Waals surface area (Å²) in [4.78, 5) is 0. The van der Waals surface area contributed by atoms with E-state index in [4.69, 9.17) is 13.6 Å². The molecule has 0 atom stereocenters. The zero-order chi connectivity index (χ0) is 17.0. The summed E-state index contributed by atoms with van der Waals surface area (Å²) >= 11 is 0. The fraction of sp³-hybridized carbons (Fsp3) is 0.579. The molecule has 0 bridgehead atoms. The largest absolute Gasteiger partial charge is 0.391 e. The summed E-state index contributed by atoms with van der Waals surface area (Å²) in [5, 5.41) is 1.24. The molecular formula is C19H32O3Si. The third-order valence-corrected chi connectivity index (χ3v) is 7.35. The van der Waals surface area contributed by atoms with E-state index in [1.165, 1.54) is 5.19 Å². The SMILES string of the molecule is C=C(C)COCCCCC[Si](OCC)(OCC)c1ccccc1. The topological polar surface area (TPSA) is 27.7 Å². The average Bonchev–Trinajstić information content (AvgIpc) is 2.54. The van der Waals surface area contributed by atoms with Gasteiger partial charge in [0.05, 0.1) is 6.61 Å². The number of hydrogen-bond acceptors (Lipinski definition) is 3. The number of ether oxygens (including phenoxy) is 1. The van der Waals surface area contributed by atoms with Crippen molar-refractivity contribution in [2.24, 2.45) is 0 Å². The van der Waals surface area contributed by atoms with Gasteiger partial charge in [0.15, 0.2) is 0 Å². The van der Waals surface area contributed by atoms with E-state index in [1.807, 2.05) is 13.0 Å². The van der Waals surface area contributed by atoms with Crippen molar-refractivity contribution in [2.75, 3.05) is 26.4 Å². The maximum atomic E-state index is 6.19. The summed E-state index contributed by atoms with van der Waals surface area (Å²) in [6.07, 6.45) is 3.32. The number of rotatable bonds is 13. The van der Waals surface area contributed by atoms with Crippen LogP contribution in [0.2, 0.25) is 6.04 Å². The highest BCUT2D eigenvalue weighted by Crippen LogP contribution is 2.19. The van der Waals surface area contributed by atoms with Crippen molar-refractivity contribution < 1.29 is 13.6 Å². The van der Waals surface area contributed by atoms with Crippen molar-refractivity contribution in [1.29, 1.82) is 0 Å². The van der Waals surface area contributed by atoms with Crippen molar-refractivity contribution in [3.63, 3.8) is 0 Å². The quantitative estimate of drug-likeness (QED) is 0.307. The second-order valence-electron chi connectivity index (χ2n) is 5.81. The van der Waals surface area contributed by atoms with Gasteiger partial charge in [0, 0.05) is 19.8 Å². The van der Waals surface area contributed by atoms with Crippen molar-refractivity contribution in [3.8, 4) is 0 Å². The van der Waals surface area contributed by atoms with Crippen LogP contribution in [0.25, 0.3) is 0 Å². The van der Waals surface area contributed by atoms with Gasteiger partial charge in [0.2, 0.25) is 0 Å². The first kappa shape index (κ1) is 20.1. The highest BCUT2D eigenvalue weighted by molar-refractivity contribution is 6.81. The molecule has 0 heterocycles. The van der Waals surface area contributed by atoms with E-state index in [0.717, 1.165) is 37.5 Å². The van der Waals surface area contributed by atoms with Crippen LogP contribution >= 0.6 is 0 Å². The Morgan fingerprint density at radius 1 is 1.00 bits per heavy atom. The van der Waals surface area contributed by atoms with Crippen LogP contribution in [0.5, 0.6) is 0 Å². The smallest absolute Gasteiger partial charge is 0.372 e. The highest BCUT2D eigenvalue weighted by atomic mass is 28.4. The Morgan fingerprint density at radius 3 is 2.22 bits per heavy atom. The Balaban J connectivity index is 2.52. The lowest BCUT2D eigenvalue weighted by Crippen LogP contribution is -2.53. The summed E-state index contributed by atoms with van der Waals surface area (Å²) in [5.41, 5.74) is 1.08. The van der Waals surface area contributed by atoms with E-state index in [-0.39, 0.29) is 0 Å². The zero-order valence-electron chi connectivity index (χ0n) is 15.0. The van der Waals surface area contributed by atoms with Crippen LogP contribution in [0, 0.1) is 0 Å². The van der Waals surface area contributed by atoms with Crippen LogP contribution < -0.4 is 5.19 Å². The first-order valence-electron chi connectivity index (χ1n) is 8.70. The molecule has 0 saturated heterocycles. The van der Waals surface area contributed by atoms with Crippen LogP contribution in [0.15, 0.2) is 42.5 Å². The summed E-state index contributed by atoms with van der Waals surface area (Å²) in [7, 11) is -2.31. The number of benzene rings is 1. The second kappa shape index (κ2) is 11.6. The van der Waals surface area contributed by atoms with Gasteiger partial charge in [-0.25, -0.2) is 0 Å². The predicted molar refractivity (Wildman–Crippen MR) is 99.4 cm³/mol. The monoisotopic (exact) mass is 336 g/mol. The maximum Gasteiger partial charge on any atom is 0.372 e. The van der Waals surface area contributed by atoms with E-state index in [9.17, 15) is 0 Å². The normalized spacial score (nSPS) is 11.6. The minimum atomic E-state index is -2.31. The van der Waals surface area contributed by atoms with Crippen LogP contribution in [-0.4, -0.2) is 35.0 Å². The minimum Gasteiger partial charge on any atom is -0.391 e. The van der Waals surface area contributed by atoms with E-state index in [2.05, 4.69) is 44.7 Å². The molecule has 130 valence electrons. The van der Waals surface area contributed by atoms with Gasteiger partial charge in [-0.3, -0.25) is 0 Å². The Morgan fingerprint density at radius 2 is 1.65 bits per heavy atom. The minimum absolute atomic E-state index is 0.667. The van der Waals surface area contributed by atoms with Gasteiger partial charge in [-0.2, -0.15) is 0 Å². The molecule has 0 unspecified atom stereocenters. The van der Waals surface area contributed by atoms with Crippen molar-refractivity contribution >= 4 is 13.7 Å². The molecule has 0 N–H and O–H groups in total. The predicted octanol–water partition coefficient (Wildman–Crippen LogP) is 4.17. The Hall–Kier alpha value is -0.943. The molecule has 0 fully saturated rings. The number of unbranched alkanes of at least 4 members (excludes halogenated alkanes) is 2. The second-order valence-corrected chi connectivity index (χ2v) is 8.97. The van der Waals surface area contributed by atoms with Crippen LogP contribution in [0.4, 0.5) is 0 Å². The van der Waals surface area contributed by atoms with Crippen LogP contribution in [0.3, 0.4) is 0 Å². The van der Waals surface area contributed by atoms with E-state index < -0.39 is 8.56 Å². The molecule has 1 aromatic carbocycles. The maximum absolute atomic E-state index is 6.19. The van der Waals surface area contributed by atoms with Crippen LogP contribution in [-0.2, 0) is 13.6 Å². The van der Waals surface area contributed by atoms with Gasteiger partial charge in [-0.1, -0.05) is 55.3 Å². The van der Waals surface area contributed by atoms with Crippen molar-refractivity contribution in [2.45, 2.75) is 46.1 Å². The average molecular weight is 337 g/mol. The zero-order valence-corrected chi connectivity index (χ0v) is 16.0. The van der Waals surface area contributed by atoms with E-state index in [0.29, 0.717) is 19.8 Å². The molecule has 0 aliphatic heterocycles. The molecule has 0 aromatic heterocycles. The molecule has 0 aliphatic carbocycles. The van der Waals surface area contributed by atoms with Gasteiger partial charge in [0.1, 0.15) is 0 Å². The Labute approximate surface area is 142 Å². The molecular weight excluding hydrogens is 304 g/mol. The third-order valence-electron chi connectivity index (χ3n) is 3.61. The molecule has 0 aliphatic rings. The lowest BCUT2D eigenvalue weighted by molar-refractivity contribution is 0.151. The van der Waals surface area contributed by atoms with Crippen molar-refractivity contribution in [1.82, 2.24) is 0 Å². The highest BCUT2D eigenvalue weighted by Gasteiger charge is 2.38. The molecule has 0 saturated carbocycles. The molecule has 4 heteroatoms. The summed E-state index contributed by atoms with van der Waals surface area (Å²) < 4.78 is 17.9. The lowest BCUT2D eigenvalue weighted by atomic mass is 10.3. The fourth-order valence-corrected chi connectivity index (χ4v) is 5.98. The summed E-state index contributed by atoms with van der Waals surface area (Å²) in [5.74, 6) is 0. The fourth-order valence-electron chi connectivity index (χ4n) is 2.64. The van der Waals surface area contributed by atoms with Gasteiger partial charge in [0.25, 0.3) is 0 Å². The molecule has 0 spiro atoms. The first-order valence-corrected chi connectivity index (χ1v) is 10.7. The van der Waals surface area contributed by atoms with Crippen molar-refractivity contribution in [3.05, 3.63) is 42.5 Å². The first-order chi connectivity index (χ1) is 11.1. The Kier molecular flexibility index (Phi) is 10.1. The molecule has 1 rings (SSSR count).